The molecule has 2 amide bonds. The van der Waals surface area contributed by atoms with Crippen LogP contribution in [0.15, 0.2) is 42.6 Å². The third kappa shape index (κ3) is 3.75. The number of hydrogen-bond acceptors (Lipinski definition) is 2. The molecular formula is C20H25N3O. The minimum Gasteiger partial charge on any atom is -0.335 e. The lowest BCUT2D eigenvalue weighted by molar-refractivity contribution is 0.189. The van der Waals surface area contributed by atoms with E-state index in [1.807, 2.05) is 19.3 Å². The largest absolute Gasteiger partial charge is 0.335 e. The molecule has 0 fully saturated rings. The molecule has 1 aromatic carbocycles. The zero-order valence-corrected chi connectivity index (χ0v) is 14.6. The summed E-state index contributed by atoms with van der Waals surface area (Å²) in [5, 5.41) is 3.17. The van der Waals surface area contributed by atoms with E-state index >= 15 is 0 Å². The van der Waals surface area contributed by atoms with E-state index in [1.165, 1.54) is 16.7 Å². The van der Waals surface area contributed by atoms with Crippen molar-refractivity contribution in [2.24, 2.45) is 0 Å². The molecule has 1 aliphatic carbocycles. The molecule has 1 aliphatic rings. The first-order valence-corrected chi connectivity index (χ1v) is 8.54. The topological polar surface area (TPSA) is 45.2 Å². The van der Waals surface area contributed by atoms with E-state index in [0.717, 1.165) is 25.0 Å². The van der Waals surface area contributed by atoms with Crippen molar-refractivity contribution >= 4 is 6.03 Å². The molecule has 4 heteroatoms. The fourth-order valence-corrected chi connectivity index (χ4v) is 3.29. The number of benzene rings is 1. The average molecular weight is 323 g/mol. The Labute approximate surface area is 143 Å². The maximum absolute atomic E-state index is 12.5. The molecule has 0 radical (unpaired) electrons. The third-order valence-corrected chi connectivity index (χ3v) is 4.84. The van der Waals surface area contributed by atoms with Gasteiger partial charge in [-0.15, -0.1) is 0 Å². The normalized spacial score (nSPS) is 15.0. The fourth-order valence-electron chi connectivity index (χ4n) is 3.29. The van der Waals surface area contributed by atoms with Crippen molar-refractivity contribution in [3.63, 3.8) is 0 Å². The lowest BCUT2D eigenvalue weighted by Crippen LogP contribution is -2.47. The van der Waals surface area contributed by atoms with Crippen LogP contribution in [-0.4, -0.2) is 35.0 Å². The molecule has 4 nitrogen and oxygen atoms in total. The predicted octanol–water partition coefficient (Wildman–Crippen LogP) is 3.13. The lowest BCUT2D eigenvalue weighted by Gasteiger charge is -2.26. The van der Waals surface area contributed by atoms with E-state index in [0.29, 0.717) is 0 Å². The van der Waals surface area contributed by atoms with Crippen LogP contribution in [0.5, 0.6) is 0 Å². The SMILES string of the molecule is Cc1ccnc(C[C@@H](C)N(C)C(=O)NC2Cc3ccccc3C2)c1. The molecule has 1 N–H and O–H groups in total. The Bertz CT molecular complexity index is 703. The summed E-state index contributed by atoms with van der Waals surface area (Å²) in [6.07, 6.45) is 4.43. The van der Waals surface area contributed by atoms with Crippen molar-refractivity contribution < 1.29 is 4.79 Å². The van der Waals surface area contributed by atoms with Crippen molar-refractivity contribution in [1.82, 2.24) is 15.2 Å². The zero-order valence-electron chi connectivity index (χ0n) is 14.6. The Morgan fingerprint density at radius 2 is 1.96 bits per heavy atom. The first kappa shape index (κ1) is 16.5. The van der Waals surface area contributed by atoms with E-state index < -0.39 is 0 Å². The van der Waals surface area contributed by atoms with Crippen LogP contribution in [0.4, 0.5) is 4.79 Å². The van der Waals surface area contributed by atoms with Crippen molar-refractivity contribution in [2.75, 3.05) is 7.05 Å². The second-order valence-corrected chi connectivity index (χ2v) is 6.81. The number of amides is 2. The van der Waals surface area contributed by atoms with Crippen LogP contribution in [0.2, 0.25) is 0 Å². The summed E-state index contributed by atoms with van der Waals surface area (Å²) in [5.41, 5.74) is 4.92. The summed E-state index contributed by atoms with van der Waals surface area (Å²) in [7, 11) is 1.86. The minimum absolute atomic E-state index is 0.00652. The van der Waals surface area contributed by atoms with Gasteiger partial charge in [0.25, 0.3) is 0 Å². The first-order chi connectivity index (χ1) is 11.5. The summed E-state index contributed by atoms with van der Waals surface area (Å²) in [4.78, 5) is 18.7. The first-order valence-electron chi connectivity index (χ1n) is 8.54. The molecule has 0 saturated carbocycles. The van der Waals surface area contributed by atoms with Gasteiger partial charge in [0, 0.05) is 37.4 Å². The molecule has 126 valence electrons. The molecule has 1 aromatic heterocycles. The van der Waals surface area contributed by atoms with Gasteiger partial charge >= 0.3 is 6.03 Å². The minimum atomic E-state index is -0.00652. The number of fused-ring (bicyclic) bond motifs is 1. The number of aryl methyl sites for hydroxylation is 1. The molecule has 0 saturated heterocycles. The summed E-state index contributed by atoms with van der Waals surface area (Å²) in [6, 6.07) is 12.8. The van der Waals surface area contributed by atoms with E-state index in [-0.39, 0.29) is 18.1 Å². The van der Waals surface area contributed by atoms with Gasteiger partial charge in [0.15, 0.2) is 0 Å². The fraction of sp³-hybridized carbons (Fsp3) is 0.400. The number of pyridine rings is 1. The number of aromatic nitrogens is 1. The Balaban J connectivity index is 1.55. The lowest BCUT2D eigenvalue weighted by atomic mass is 10.1. The predicted molar refractivity (Wildman–Crippen MR) is 96.1 cm³/mol. The monoisotopic (exact) mass is 323 g/mol. The number of nitrogens with zero attached hydrogens (tertiary/aromatic N) is 2. The standard InChI is InChI=1S/C20H25N3O/c1-14-8-9-21-18(10-14)11-15(2)23(3)20(24)22-19-12-16-6-4-5-7-17(16)13-19/h4-10,15,19H,11-13H2,1-3H3,(H,22,24)/t15-/m1/s1. The van der Waals surface area contributed by atoms with Crippen LogP contribution in [0, 0.1) is 6.92 Å². The Morgan fingerprint density at radius 3 is 2.58 bits per heavy atom. The van der Waals surface area contributed by atoms with Gasteiger partial charge in [-0.3, -0.25) is 4.98 Å². The highest BCUT2D eigenvalue weighted by Gasteiger charge is 2.25. The summed E-state index contributed by atoms with van der Waals surface area (Å²) >= 11 is 0. The second-order valence-electron chi connectivity index (χ2n) is 6.81. The summed E-state index contributed by atoms with van der Waals surface area (Å²) in [5.74, 6) is 0. The maximum Gasteiger partial charge on any atom is 0.317 e. The van der Waals surface area contributed by atoms with Crippen LogP contribution in [0.3, 0.4) is 0 Å². The van der Waals surface area contributed by atoms with E-state index in [1.54, 1.807) is 4.90 Å². The third-order valence-electron chi connectivity index (χ3n) is 4.84. The van der Waals surface area contributed by atoms with Crippen LogP contribution < -0.4 is 5.32 Å². The van der Waals surface area contributed by atoms with Gasteiger partial charge in [-0.05, 0) is 55.5 Å². The molecule has 0 bridgehead atoms. The Kier molecular flexibility index (Phi) is 4.84. The molecule has 24 heavy (non-hydrogen) atoms. The van der Waals surface area contributed by atoms with Crippen LogP contribution in [0.1, 0.15) is 29.3 Å². The molecular weight excluding hydrogens is 298 g/mol. The van der Waals surface area contributed by atoms with Crippen molar-refractivity contribution in [1.29, 1.82) is 0 Å². The van der Waals surface area contributed by atoms with Gasteiger partial charge < -0.3 is 10.2 Å². The van der Waals surface area contributed by atoms with Gasteiger partial charge in [-0.1, -0.05) is 24.3 Å². The van der Waals surface area contributed by atoms with Gasteiger partial charge in [0.2, 0.25) is 0 Å². The number of urea groups is 1. The van der Waals surface area contributed by atoms with Crippen molar-refractivity contribution in [3.05, 3.63) is 65.0 Å². The van der Waals surface area contributed by atoms with Gasteiger partial charge in [0.05, 0.1) is 0 Å². The molecule has 0 aliphatic heterocycles. The molecule has 2 aromatic rings. The van der Waals surface area contributed by atoms with Crippen molar-refractivity contribution in [3.8, 4) is 0 Å². The number of carbonyl (C=O) groups is 1. The molecule has 0 unspecified atom stereocenters. The van der Waals surface area contributed by atoms with Gasteiger partial charge in [0.1, 0.15) is 0 Å². The van der Waals surface area contributed by atoms with Crippen LogP contribution >= 0.6 is 0 Å². The molecule has 1 atom stereocenters. The maximum atomic E-state index is 12.5. The van der Waals surface area contributed by atoms with Gasteiger partial charge in [-0.25, -0.2) is 4.79 Å². The van der Waals surface area contributed by atoms with E-state index in [9.17, 15) is 4.79 Å². The molecule has 1 heterocycles. The van der Waals surface area contributed by atoms with Crippen molar-refractivity contribution in [2.45, 2.75) is 45.2 Å². The smallest absolute Gasteiger partial charge is 0.317 e. The molecule has 0 spiro atoms. The van der Waals surface area contributed by atoms with Gasteiger partial charge in [-0.2, -0.15) is 0 Å². The highest BCUT2D eigenvalue weighted by atomic mass is 16.2. The van der Waals surface area contributed by atoms with E-state index in [4.69, 9.17) is 0 Å². The number of carbonyl (C=O) groups excluding carboxylic acids is 1. The number of rotatable bonds is 4. The zero-order chi connectivity index (χ0) is 17.1. The Morgan fingerprint density at radius 1 is 1.29 bits per heavy atom. The van der Waals surface area contributed by atoms with E-state index in [2.05, 4.69) is 54.5 Å². The van der Waals surface area contributed by atoms with Crippen LogP contribution in [0.25, 0.3) is 0 Å². The second kappa shape index (κ2) is 7.04. The average Bonchev–Trinajstić information content (AvgIpc) is 2.96. The summed E-state index contributed by atoms with van der Waals surface area (Å²) in [6.45, 7) is 4.12. The summed E-state index contributed by atoms with van der Waals surface area (Å²) < 4.78 is 0. The highest BCUT2D eigenvalue weighted by Crippen LogP contribution is 2.21. The van der Waals surface area contributed by atoms with Crippen LogP contribution in [-0.2, 0) is 19.3 Å². The Hall–Kier alpha value is -2.36. The molecule has 3 rings (SSSR count). The highest BCUT2D eigenvalue weighted by molar-refractivity contribution is 5.74. The quantitative estimate of drug-likeness (QED) is 0.939. The number of likely N-dealkylation sites (N-methyl/N-ethyl adjacent to an activating group) is 1. The number of nitrogens with one attached hydrogen (secondary N) is 1. The number of hydrogen-bond donors (Lipinski definition) is 1.